The second kappa shape index (κ2) is 6.23. The van der Waals surface area contributed by atoms with E-state index in [1.165, 1.54) is 34.5 Å². The highest BCUT2D eigenvalue weighted by Gasteiger charge is 2.18. The summed E-state index contributed by atoms with van der Waals surface area (Å²) in [4.78, 5) is 15.3. The van der Waals surface area contributed by atoms with Crippen molar-refractivity contribution < 1.29 is 14.3 Å². The minimum absolute atomic E-state index is 0.303. The van der Waals surface area contributed by atoms with Crippen molar-refractivity contribution in [2.45, 2.75) is 19.8 Å². The van der Waals surface area contributed by atoms with Crippen molar-refractivity contribution in [1.29, 1.82) is 0 Å². The van der Waals surface area contributed by atoms with Crippen molar-refractivity contribution in [2.24, 2.45) is 0 Å². The zero-order chi connectivity index (χ0) is 17.3. The molecule has 0 saturated heterocycles. The van der Waals surface area contributed by atoms with Crippen LogP contribution in [0, 0.1) is 5.82 Å². The molecule has 0 atom stereocenters. The molecule has 3 aromatic rings. The molecule has 0 aliphatic carbocycles. The number of hydrogen-bond acceptors (Lipinski definition) is 3. The van der Waals surface area contributed by atoms with Crippen LogP contribution in [-0.2, 0) is 0 Å². The lowest BCUT2D eigenvalue weighted by Crippen LogP contribution is -2.02. The van der Waals surface area contributed by atoms with Crippen molar-refractivity contribution in [3.05, 3.63) is 65.7 Å². The molecule has 0 spiro atoms. The van der Waals surface area contributed by atoms with Gasteiger partial charge in [-0.05, 0) is 35.7 Å². The Morgan fingerprint density at radius 2 is 1.71 bits per heavy atom. The first-order valence-electron chi connectivity index (χ1n) is 7.52. The third-order valence-electron chi connectivity index (χ3n) is 3.71. The molecule has 0 bridgehead atoms. The number of benzene rings is 2. The van der Waals surface area contributed by atoms with Crippen LogP contribution in [0.4, 0.5) is 4.39 Å². The fourth-order valence-electron chi connectivity index (χ4n) is 2.37. The predicted molar refractivity (Wildman–Crippen MR) is 87.8 cm³/mol. The molecule has 6 heteroatoms. The first-order chi connectivity index (χ1) is 11.5. The maximum Gasteiger partial charge on any atom is 0.375 e. The molecule has 0 unspecified atom stereocenters. The van der Waals surface area contributed by atoms with Gasteiger partial charge in [-0.25, -0.2) is 18.9 Å². The molecule has 1 N–H and O–H groups in total. The fourth-order valence-corrected chi connectivity index (χ4v) is 2.37. The smallest absolute Gasteiger partial charge is 0.375 e. The van der Waals surface area contributed by atoms with Gasteiger partial charge in [0.15, 0.2) is 5.82 Å². The Labute approximate surface area is 138 Å². The largest absolute Gasteiger partial charge is 0.475 e. The predicted octanol–water partition coefficient (Wildman–Crippen LogP) is 3.90. The van der Waals surface area contributed by atoms with Crippen LogP contribution in [0.2, 0.25) is 0 Å². The van der Waals surface area contributed by atoms with Crippen LogP contribution in [0.25, 0.3) is 17.1 Å². The molecule has 0 aliphatic heterocycles. The Balaban J connectivity index is 2.12. The van der Waals surface area contributed by atoms with Crippen molar-refractivity contribution in [1.82, 2.24) is 14.8 Å². The van der Waals surface area contributed by atoms with Crippen molar-refractivity contribution in [3.8, 4) is 17.1 Å². The number of rotatable bonds is 4. The van der Waals surface area contributed by atoms with Gasteiger partial charge < -0.3 is 5.11 Å². The average molecular weight is 325 g/mol. The van der Waals surface area contributed by atoms with E-state index in [1.54, 1.807) is 0 Å². The van der Waals surface area contributed by atoms with Gasteiger partial charge in [0, 0.05) is 5.56 Å². The number of hydrogen-bond donors (Lipinski definition) is 1. The van der Waals surface area contributed by atoms with E-state index in [0.29, 0.717) is 17.4 Å². The lowest BCUT2D eigenvalue weighted by atomic mass is 10.0. The van der Waals surface area contributed by atoms with Gasteiger partial charge in [-0.2, -0.15) is 0 Å². The van der Waals surface area contributed by atoms with Crippen LogP contribution in [0.5, 0.6) is 0 Å². The van der Waals surface area contributed by atoms with E-state index in [2.05, 4.69) is 23.9 Å². The van der Waals surface area contributed by atoms with Gasteiger partial charge in [0.1, 0.15) is 5.82 Å². The number of aromatic nitrogens is 3. The van der Waals surface area contributed by atoms with Gasteiger partial charge in [0.05, 0.1) is 5.69 Å². The Morgan fingerprint density at radius 3 is 2.25 bits per heavy atom. The molecule has 0 fully saturated rings. The van der Waals surface area contributed by atoms with Gasteiger partial charge in [-0.3, -0.25) is 0 Å². The maximum absolute atomic E-state index is 13.1. The monoisotopic (exact) mass is 325 g/mol. The van der Waals surface area contributed by atoms with E-state index in [9.17, 15) is 14.3 Å². The van der Waals surface area contributed by atoms with E-state index in [-0.39, 0.29) is 11.6 Å². The zero-order valence-electron chi connectivity index (χ0n) is 13.3. The Kier molecular flexibility index (Phi) is 4.12. The van der Waals surface area contributed by atoms with E-state index in [1.807, 2.05) is 24.3 Å². The van der Waals surface area contributed by atoms with E-state index in [0.717, 1.165) is 5.56 Å². The number of carboxylic acids is 1. The SMILES string of the molecule is CC(C)c1ccc(-c2nc(C(=O)O)nn2-c2ccc(F)cc2)cc1. The van der Waals surface area contributed by atoms with Crippen LogP contribution in [-0.4, -0.2) is 25.8 Å². The molecule has 5 nitrogen and oxygen atoms in total. The van der Waals surface area contributed by atoms with Gasteiger partial charge in [-0.15, -0.1) is 5.10 Å². The van der Waals surface area contributed by atoms with Gasteiger partial charge >= 0.3 is 5.97 Å². The van der Waals surface area contributed by atoms with Crippen molar-refractivity contribution in [2.75, 3.05) is 0 Å². The molecule has 24 heavy (non-hydrogen) atoms. The number of carbonyl (C=O) groups is 1. The normalized spacial score (nSPS) is 11.0. The molecule has 1 aromatic heterocycles. The quantitative estimate of drug-likeness (QED) is 0.790. The van der Waals surface area contributed by atoms with Crippen LogP contribution < -0.4 is 0 Å². The second-order valence-electron chi connectivity index (χ2n) is 5.73. The number of aromatic carboxylic acids is 1. The summed E-state index contributed by atoms with van der Waals surface area (Å²) in [5.41, 5.74) is 2.45. The highest BCUT2D eigenvalue weighted by molar-refractivity contribution is 5.84. The molecule has 0 amide bonds. The van der Waals surface area contributed by atoms with Crippen LogP contribution in [0.15, 0.2) is 48.5 Å². The van der Waals surface area contributed by atoms with Crippen LogP contribution >= 0.6 is 0 Å². The summed E-state index contributed by atoms with van der Waals surface area (Å²) in [6.45, 7) is 4.19. The lowest BCUT2D eigenvalue weighted by Gasteiger charge is -2.08. The number of carboxylic acid groups (broad SMARTS) is 1. The van der Waals surface area contributed by atoms with Gasteiger partial charge in [0.25, 0.3) is 5.82 Å². The average Bonchev–Trinajstić information content (AvgIpc) is 3.01. The second-order valence-corrected chi connectivity index (χ2v) is 5.73. The Hall–Kier alpha value is -3.02. The summed E-state index contributed by atoms with van der Waals surface area (Å²) in [5, 5.41) is 13.2. The number of nitrogens with zero attached hydrogens (tertiary/aromatic N) is 3. The molecule has 2 aromatic carbocycles. The minimum atomic E-state index is -1.21. The summed E-state index contributed by atoms with van der Waals surface area (Å²) in [6, 6.07) is 13.4. The first kappa shape index (κ1) is 15.9. The summed E-state index contributed by atoms with van der Waals surface area (Å²) in [6.07, 6.45) is 0. The topological polar surface area (TPSA) is 68.0 Å². The summed E-state index contributed by atoms with van der Waals surface area (Å²) in [5.74, 6) is -1.10. The molecule has 1 heterocycles. The fraction of sp³-hybridized carbons (Fsp3) is 0.167. The molecule has 0 radical (unpaired) electrons. The standard InChI is InChI=1S/C18H16FN3O2/c1-11(2)12-3-5-13(6-4-12)17-20-16(18(23)24)21-22(17)15-9-7-14(19)8-10-15/h3-11H,1-2H3,(H,23,24). The minimum Gasteiger partial charge on any atom is -0.475 e. The molecular formula is C18H16FN3O2. The Bertz CT molecular complexity index is 868. The lowest BCUT2D eigenvalue weighted by molar-refractivity contribution is 0.0683. The summed E-state index contributed by atoms with van der Waals surface area (Å²) >= 11 is 0. The first-order valence-corrected chi connectivity index (χ1v) is 7.52. The van der Waals surface area contributed by atoms with E-state index >= 15 is 0 Å². The highest BCUT2D eigenvalue weighted by Crippen LogP contribution is 2.24. The maximum atomic E-state index is 13.1. The Morgan fingerprint density at radius 1 is 1.08 bits per heavy atom. The van der Waals surface area contributed by atoms with Crippen molar-refractivity contribution >= 4 is 5.97 Å². The number of halogens is 1. The molecular weight excluding hydrogens is 309 g/mol. The molecule has 3 rings (SSSR count). The summed E-state index contributed by atoms with van der Waals surface area (Å²) < 4.78 is 14.5. The molecule has 0 saturated carbocycles. The molecule has 122 valence electrons. The summed E-state index contributed by atoms with van der Waals surface area (Å²) in [7, 11) is 0. The highest BCUT2D eigenvalue weighted by atomic mass is 19.1. The van der Waals surface area contributed by atoms with Gasteiger partial charge in [-0.1, -0.05) is 38.1 Å². The van der Waals surface area contributed by atoms with Crippen molar-refractivity contribution in [3.63, 3.8) is 0 Å². The van der Waals surface area contributed by atoms with E-state index in [4.69, 9.17) is 0 Å². The van der Waals surface area contributed by atoms with E-state index < -0.39 is 5.97 Å². The molecule has 0 aliphatic rings. The zero-order valence-corrected chi connectivity index (χ0v) is 13.3. The van der Waals surface area contributed by atoms with Crippen LogP contribution in [0.3, 0.4) is 0 Å². The third kappa shape index (κ3) is 3.03. The van der Waals surface area contributed by atoms with Gasteiger partial charge in [0.2, 0.25) is 0 Å². The van der Waals surface area contributed by atoms with Crippen LogP contribution in [0.1, 0.15) is 35.9 Å². The third-order valence-corrected chi connectivity index (χ3v) is 3.71.